The third kappa shape index (κ3) is 20.5. The van der Waals surface area contributed by atoms with Gasteiger partial charge >= 0.3 is 76.7 Å². The van der Waals surface area contributed by atoms with Crippen LogP contribution in [0.2, 0.25) is 0 Å². The number of rotatable bonds is 12. The van der Waals surface area contributed by atoms with E-state index in [1.54, 1.807) is 0 Å². The zero-order valence-corrected chi connectivity index (χ0v) is 11.8. The molecule has 0 saturated carbocycles. The first-order chi connectivity index (χ1) is 8.06. The molecule has 0 spiro atoms. The van der Waals surface area contributed by atoms with Crippen LogP contribution in [0, 0.1) is 0 Å². The molecule has 0 rings (SSSR count). The van der Waals surface area contributed by atoms with Gasteiger partial charge in [-0.05, 0) is 6.42 Å². The standard InChI is InChI=1S/C12H27O4P.Cs.H/c1-2-3-4-5-6-7-8-9-10-11-12-16-17(13,14)15;;/h2-12H2,1H3,(H2,13,14,15);;. The fourth-order valence-corrected chi connectivity index (χ4v) is 2.14. The second-order valence-electron chi connectivity index (χ2n) is 4.51. The first-order valence-electron chi connectivity index (χ1n) is 6.76. The number of phosphoric acid groups is 1. The van der Waals surface area contributed by atoms with Crippen molar-refractivity contribution in [3.05, 3.63) is 0 Å². The molecule has 6 heteroatoms. The van der Waals surface area contributed by atoms with Gasteiger partial charge in [-0.15, -0.1) is 0 Å². The molecule has 0 aliphatic carbocycles. The van der Waals surface area contributed by atoms with Gasteiger partial charge in [0.1, 0.15) is 0 Å². The summed E-state index contributed by atoms with van der Waals surface area (Å²) < 4.78 is 14.7. The van der Waals surface area contributed by atoms with Crippen molar-refractivity contribution < 1.29 is 18.9 Å². The maximum absolute atomic E-state index is 10.4. The fraction of sp³-hybridized carbons (Fsp3) is 1.00. The summed E-state index contributed by atoms with van der Waals surface area (Å²) >= 11 is 0. The van der Waals surface area contributed by atoms with Gasteiger partial charge in [0.2, 0.25) is 0 Å². The predicted octanol–water partition coefficient (Wildman–Crippen LogP) is 3.37. The van der Waals surface area contributed by atoms with Gasteiger partial charge in [0.05, 0.1) is 6.61 Å². The summed E-state index contributed by atoms with van der Waals surface area (Å²) in [4.78, 5) is 16.9. The Kier molecular flexibility index (Phi) is 19.4. The Morgan fingerprint density at radius 1 is 0.833 bits per heavy atom. The van der Waals surface area contributed by atoms with Crippen LogP contribution < -0.4 is 0 Å². The molecule has 4 nitrogen and oxygen atoms in total. The average molecular weight is 400 g/mol. The molecule has 0 saturated heterocycles. The van der Waals surface area contributed by atoms with Crippen LogP contribution in [-0.4, -0.2) is 85.3 Å². The van der Waals surface area contributed by atoms with Gasteiger partial charge in [-0.1, -0.05) is 64.7 Å². The summed E-state index contributed by atoms with van der Waals surface area (Å²) in [6.45, 7) is 2.39. The monoisotopic (exact) mass is 400 g/mol. The van der Waals surface area contributed by atoms with Crippen LogP contribution in [-0.2, 0) is 9.09 Å². The zero-order chi connectivity index (χ0) is 13.0. The van der Waals surface area contributed by atoms with E-state index in [1.807, 2.05) is 0 Å². The second-order valence-corrected chi connectivity index (χ2v) is 5.75. The van der Waals surface area contributed by atoms with E-state index in [-0.39, 0.29) is 75.5 Å². The Bertz CT molecular complexity index is 208. The summed E-state index contributed by atoms with van der Waals surface area (Å²) in [6, 6.07) is 0. The summed E-state index contributed by atoms with van der Waals surface area (Å²) in [7, 11) is -4.24. The van der Waals surface area contributed by atoms with Crippen LogP contribution in [0.25, 0.3) is 0 Å². The molecule has 0 bridgehead atoms. The Balaban J connectivity index is 0. The fourth-order valence-electron chi connectivity index (χ4n) is 1.77. The van der Waals surface area contributed by atoms with Crippen LogP contribution in [0.15, 0.2) is 0 Å². The quantitative estimate of drug-likeness (QED) is 0.390. The summed E-state index contributed by atoms with van der Waals surface area (Å²) in [5, 5.41) is 0. The molecule has 106 valence electrons. The molecule has 0 aromatic carbocycles. The number of unbranched alkanes of at least 4 members (excludes halogenated alkanes) is 9. The van der Waals surface area contributed by atoms with Crippen LogP contribution in [0.1, 0.15) is 71.1 Å². The molecule has 0 heterocycles. The van der Waals surface area contributed by atoms with Crippen molar-refractivity contribution in [3.8, 4) is 0 Å². The molecule has 18 heavy (non-hydrogen) atoms. The number of hydrogen-bond donors (Lipinski definition) is 2. The van der Waals surface area contributed by atoms with E-state index in [0.29, 0.717) is 0 Å². The number of hydrogen-bond acceptors (Lipinski definition) is 2. The van der Waals surface area contributed by atoms with Crippen molar-refractivity contribution >= 4 is 76.7 Å². The number of phosphoric ester groups is 1. The van der Waals surface area contributed by atoms with Crippen molar-refractivity contribution in [2.45, 2.75) is 71.1 Å². The second kappa shape index (κ2) is 15.5. The molecular formula is C12H28CsO4P. The Morgan fingerprint density at radius 2 is 1.22 bits per heavy atom. The molecule has 0 amide bonds. The van der Waals surface area contributed by atoms with Crippen LogP contribution >= 0.6 is 7.82 Å². The van der Waals surface area contributed by atoms with Crippen LogP contribution in [0.4, 0.5) is 0 Å². The van der Waals surface area contributed by atoms with E-state index in [2.05, 4.69) is 11.4 Å². The molecule has 0 aliphatic heterocycles. The van der Waals surface area contributed by atoms with Gasteiger partial charge in [0.25, 0.3) is 0 Å². The first-order valence-corrected chi connectivity index (χ1v) is 8.29. The molecule has 0 fully saturated rings. The van der Waals surface area contributed by atoms with Crippen molar-refractivity contribution in [3.63, 3.8) is 0 Å². The normalized spacial score (nSPS) is 11.3. The van der Waals surface area contributed by atoms with Gasteiger partial charge < -0.3 is 9.79 Å². The molecule has 0 radical (unpaired) electrons. The SMILES string of the molecule is CCCCCCCCCCCCOP(=O)(O)O.[CsH]. The summed E-state index contributed by atoms with van der Waals surface area (Å²) in [5.74, 6) is 0. The van der Waals surface area contributed by atoms with E-state index in [9.17, 15) is 4.57 Å². The molecule has 0 aliphatic rings. The Labute approximate surface area is 170 Å². The van der Waals surface area contributed by atoms with E-state index >= 15 is 0 Å². The van der Waals surface area contributed by atoms with Crippen molar-refractivity contribution in [2.75, 3.05) is 6.61 Å². The van der Waals surface area contributed by atoms with E-state index < -0.39 is 7.82 Å². The van der Waals surface area contributed by atoms with Gasteiger partial charge in [-0.3, -0.25) is 4.52 Å². The Morgan fingerprint density at radius 3 is 1.61 bits per heavy atom. The van der Waals surface area contributed by atoms with E-state index in [0.717, 1.165) is 19.3 Å². The van der Waals surface area contributed by atoms with Gasteiger partial charge in [0.15, 0.2) is 0 Å². The van der Waals surface area contributed by atoms with Crippen molar-refractivity contribution in [1.82, 2.24) is 0 Å². The van der Waals surface area contributed by atoms with E-state index in [1.165, 1.54) is 44.9 Å². The topological polar surface area (TPSA) is 66.8 Å². The third-order valence-electron chi connectivity index (χ3n) is 2.76. The van der Waals surface area contributed by atoms with Crippen LogP contribution in [0.5, 0.6) is 0 Å². The molecular weight excluding hydrogens is 372 g/mol. The summed E-state index contributed by atoms with van der Waals surface area (Å²) in [6.07, 6.45) is 12.0. The molecule has 0 aromatic heterocycles. The van der Waals surface area contributed by atoms with Crippen molar-refractivity contribution in [1.29, 1.82) is 0 Å². The van der Waals surface area contributed by atoms with Crippen LogP contribution in [0.3, 0.4) is 0 Å². The van der Waals surface area contributed by atoms with Crippen molar-refractivity contribution in [2.24, 2.45) is 0 Å². The molecule has 2 N–H and O–H groups in total. The molecule has 0 aromatic rings. The maximum atomic E-state index is 10.4. The average Bonchev–Trinajstić information content (AvgIpc) is 2.24. The van der Waals surface area contributed by atoms with Gasteiger partial charge in [-0.25, -0.2) is 4.57 Å². The molecule has 0 unspecified atom stereocenters. The minimum atomic E-state index is -4.24. The zero-order valence-electron chi connectivity index (χ0n) is 10.9. The summed E-state index contributed by atoms with van der Waals surface area (Å²) in [5.41, 5.74) is 0. The van der Waals surface area contributed by atoms with E-state index in [4.69, 9.17) is 9.79 Å². The van der Waals surface area contributed by atoms with Gasteiger partial charge in [-0.2, -0.15) is 0 Å². The van der Waals surface area contributed by atoms with Gasteiger partial charge in [0, 0.05) is 0 Å². The minimum absolute atomic E-state index is 0. The Hall–Kier alpha value is 2.16. The predicted molar refractivity (Wildman–Crippen MR) is 77.0 cm³/mol. The molecule has 0 atom stereocenters. The third-order valence-corrected chi connectivity index (χ3v) is 3.28. The first kappa shape index (κ1) is 22.4.